The summed E-state index contributed by atoms with van der Waals surface area (Å²) in [5.41, 5.74) is 4.08. The highest BCUT2D eigenvalue weighted by Crippen LogP contribution is 2.18. The van der Waals surface area contributed by atoms with Crippen molar-refractivity contribution in [1.82, 2.24) is 20.4 Å². The van der Waals surface area contributed by atoms with Gasteiger partial charge in [-0.3, -0.25) is 9.59 Å². The van der Waals surface area contributed by atoms with Crippen LogP contribution in [0.15, 0.2) is 66.7 Å². The number of amides is 2. The van der Waals surface area contributed by atoms with Crippen LogP contribution >= 0.6 is 11.3 Å². The van der Waals surface area contributed by atoms with Gasteiger partial charge in [0.2, 0.25) is 16.9 Å². The molecule has 0 aliphatic rings. The van der Waals surface area contributed by atoms with E-state index in [-0.39, 0.29) is 11.8 Å². The molecule has 2 heterocycles. The minimum atomic E-state index is -0.118. The maximum Gasteiger partial charge on any atom is 0.230 e. The molecular formula is C29H32N6O2S. The molecule has 0 radical (unpaired) electrons. The molecule has 4 aromatic rings. The zero-order chi connectivity index (χ0) is 26.6. The van der Waals surface area contributed by atoms with Crippen LogP contribution in [0.2, 0.25) is 0 Å². The van der Waals surface area contributed by atoms with Gasteiger partial charge in [0.05, 0.1) is 18.5 Å². The predicted octanol–water partition coefficient (Wildman–Crippen LogP) is 5.21. The van der Waals surface area contributed by atoms with Crippen LogP contribution in [0.4, 0.5) is 10.9 Å². The summed E-state index contributed by atoms with van der Waals surface area (Å²) in [5, 5.41) is 23.8. The second kappa shape index (κ2) is 14.1. The fourth-order valence-electron chi connectivity index (χ4n) is 4.05. The number of benzene rings is 2. The summed E-state index contributed by atoms with van der Waals surface area (Å²) < 4.78 is 0. The Kier molecular flexibility index (Phi) is 10.0. The van der Waals surface area contributed by atoms with Gasteiger partial charge >= 0.3 is 0 Å². The van der Waals surface area contributed by atoms with Gasteiger partial charge in [0, 0.05) is 6.42 Å². The van der Waals surface area contributed by atoms with E-state index in [2.05, 4.69) is 50.1 Å². The monoisotopic (exact) mass is 528 g/mol. The summed E-state index contributed by atoms with van der Waals surface area (Å²) in [5.74, 6) is 0.249. The highest BCUT2D eigenvalue weighted by atomic mass is 32.1. The van der Waals surface area contributed by atoms with Crippen LogP contribution in [0.1, 0.15) is 53.6 Å². The first kappa shape index (κ1) is 27.1. The van der Waals surface area contributed by atoms with Gasteiger partial charge in [-0.05, 0) is 54.5 Å². The third-order valence-electron chi connectivity index (χ3n) is 5.88. The summed E-state index contributed by atoms with van der Waals surface area (Å²) in [7, 11) is 0. The predicted molar refractivity (Wildman–Crippen MR) is 150 cm³/mol. The van der Waals surface area contributed by atoms with Gasteiger partial charge in [-0.2, -0.15) is 5.10 Å². The van der Waals surface area contributed by atoms with Gasteiger partial charge in [-0.1, -0.05) is 79.3 Å². The maximum atomic E-state index is 12.4. The summed E-state index contributed by atoms with van der Waals surface area (Å²) in [6, 6.07) is 21.4. The molecule has 0 aliphatic heterocycles. The second-order valence-corrected chi connectivity index (χ2v) is 10.2. The fourth-order valence-corrected chi connectivity index (χ4v) is 4.85. The topological polar surface area (TPSA) is 110 Å². The number of nitrogens with zero attached hydrogens (tertiary/aromatic N) is 4. The van der Waals surface area contributed by atoms with Crippen LogP contribution in [0.3, 0.4) is 0 Å². The molecule has 0 atom stereocenters. The number of aryl methyl sites for hydroxylation is 3. The maximum absolute atomic E-state index is 12.4. The zero-order valence-corrected chi connectivity index (χ0v) is 22.3. The highest BCUT2D eigenvalue weighted by molar-refractivity contribution is 7.15. The normalized spacial score (nSPS) is 10.8. The lowest BCUT2D eigenvalue weighted by molar-refractivity contribution is -0.116. The third-order valence-corrected chi connectivity index (χ3v) is 6.77. The molecule has 0 spiro atoms. The van der Waals surface area contributed by atoms with Crippen molar-refractivity contribution in [1.29, 1.82) is 0 Å². The van der Waals surface area contributed by atoms with Crippen LogP contribution in [0.25, 0.3) is 0 Å². The molecule has 0 aliphatic carbocycles. The second-order valence-electron chi connectivity index (χ2n) is 9.12. The van der Waals surface area contributed by atoms with Gasteiger partial charge in [0.15, 0.2) is 5.82 Å². The number of unbranched alkanes of at least 4 members (excludes halogenated alkanes) is 1. The van der Waals surface area contributed by atoms with E-state index in [9.17, 15) is 9.59 Å². The van der Waals surface area contributed by atoms with E-state index in [1.807, 2.05) is 48.5 Å². The van der Waals surface area contributed by atoms with E-state index in [1.165, 1.54) is 16.9 Å². The average Bonchev–Trinajstić information content (AvgIpc) is 3.35. The van der Waals surface area contributed by atoms with Crippen LogP contribution in [-0.2, 0) is 41.7 Å². The van der Waals surface area contributed by atoms with Crippen molar-refractivity contribution in [3.8, 4) is 0 Å². The minimum absolute atomic E-state index is 0.0837. The van der Waals surface area contributed by atoms with Gasteiger partial charge < -0.3 is 10.6 Å². The number of hydrogen-bond donors (Lipinski definition) is 2. The largest absolute Gasteiger partial charge is 0.309 e. The lowest BCUT2D eigenvalue weighted by Gasteiger charge is -2.05. The molecule has 0 bridgehead atoms. The Bertz CT molecular complexity index is 1320. The van der Waals surface area contributed by atoms with Crippen LogP contribution in [0, 0.1) is 0 Å². The standard InChI is InChI=1S/C29H32N6O2S/c1-2-9-21-12-8-13-23(18-21)20-27(37)31-29-35-34-28(38-29)15-7-6-14-24-16-17-25(33-32-24)30-26(36)19-22-10-4-3-5-11-22/h3-5,8,10-13,16-18H,2,6-7,9,14-15,19-20H2,1H3,(H,30,33,36)(H,31,35,37). The van der Waals surface area contributed by atoms with Gasteiger partial charge in [0.1, 0.15) is 5.01 Å². The van der Waals surface area contributed by atoms with Crippen molar-refractivity contribution in [2.75, 3.05) is 10.6 Å². The van der Waals surface area contributed by atoms with Gasteiger partial charge in [-0.15, -0.1) is 15.3 Å². The average molecular weight is 529 g/mol. The molecule has 0 fully saturated rings. The summed E-state index contributed by atoms with van der Waals surface area (Å²) in [6.45, 7) is 2.15. The Balaban J connectivity index is 1.15. The lowest BCUT2D eigenvalue weighted by atomic mass is 10.0. The molecule has 2 N–H and O–H groups in total. The van der Waals surface area contributed by atoms with Gasteiger partial charge in [-0.25, -0.2) is 0 Å². The first-order valence-electron chi connectivity index (χ1n) is 12.9. The molecule has 0 unspecified atom stereocenters. The number of anilines is 2. The number of hydrogen-bond acceptors (Lipinski definition) is 7. The van der Waals surface area contributed by atoms with Crippen molar-refractivity contribution in [2.45, 2.75) is 58.3 Å². The Morgan fingerprint density at radius 3 is 2.24 bits per heavy atom. The highest BCUT2D eigenvalue weighted by Gasteiger charge is 2.10. The quantitative estimate of drug-likeness (QED) is 0.231. The Morgan fingerprint density at radius 2 is 1.45 bits per heavy atom. The molecular weight excluding hydrogens is 496 g/mol. The lowest BCUT2D eigenvalue weighted by Crippen LogP contribution is -2.15. The molecule has 8 nitrogen and oxygen atoms in total. The van der Waals surface area contributed by atoms with Crippen LogP contribution < -0.4 is 10.6 Å². The van der Waals surface area contributed by atoms with E-state index in [0.717, 1.165) is 60.4 Å². The Morgan fingerprint density at radius 1 is 0.711 bits per heavy atom. The van der Waals surface area contributed by atoms with E-state index < -0.39 is 0 Å². The summed E-state index contributed by atoms with van der Waals surface area (Å²) in [4.78, 5) is 24.6. The molecule has 0 saturated carbocycles. The van der Waals surface area contributed by atoms with E-state index >= 15 is 0 Å². The molecule has 4 rings (SSSR count). The van der Waals surface area contributed by atoms with Crippen molar-refractivity contribution in [3.05, 3.63) is 94.1 Å². The molecule has 0 saturated heterocycles. The van der Waals surface area contributed by atoms with Crippen LogP contribution in [-0.4, -0.2) is 32.2 Å². The van der Waals surface area contributed by atoms with Crippen molar-refractivity contribution >= 4 is 34.1 Å². The van der Waals surface area contributed by atoms with Crippen molar-refractivity contribution in [2.24, 2.45) is 0 Å². The SMILES string of the molecule is CCCc1cccc(CC(=O)Nc2nnc(CCCCc3ccc(NC(=O)Cc4ccccc4)nn3)s2)c1. The third kappa shape index (κ3) is 8.85. The van der Waals surface area contributed by atoms with Crippen molar-refractivity contribution < 1.29 is 9.59 Å². The van der Waals surface area contributed by atoms with Crippen molar-refractivity contribution in [3.63, 3.8) is 0 Å². The number of nitrogens with one attached hydrogen (secondary N) is 2. The van der Waals surface area contributed by atoms with E-state index in [1.54, 1.807) is 6.07 Å². The van der Waals surface area contributed by atoms with Crippen LogP contribution in [0.5, 0.6) is 0 Å². The summed E-state index contributed by atoms with van der Waals surface area (Å²) in [6.07, 6.45) is 6.13. The molecule has 9 heteroatoms. The minimum Gasteiger partial charge on any atom is -0.309 e. The Hall–Kier alpha value is -3.98. The number of carbonyl (C=O) groups excluding carboxylic acids is 2. The molecule has 2 aromatic heterocycles. The fraction of sp³-hybridized carbons (Fsp3) is 0.310. The molecule has 2 aromatic carbocycles. The number of carbonyl (C=O) groups is 2. The summed E-state index contributed by atoms with van der Waals surface area (Å²) >= 11 is 1.42. The molecule has 38 heavy (non-hydrogen) atoms. The molecule has 196 valence electrons. The zero-order valence-electron chi connectivity index (χ0n) is 21.5. The smallest absolute Gasteiger partial charge is 0.230 e. The first-order valence-corrected chi connectivity index (χ1v) is 13.8. The number of rotatable bonds is 13. The van der Waals surface area contributed by atoms with E-state index in [4.69, 9.17) is 0 Å². The first-order chi connectivity index (χ1) is 18.6. The Labute approximate surface area is 226 Å². The van der Waals surface area contributed by atoms with E-state index in [0.29, 0.717) is 23.8 Å². The van der Waals surface area contributed by atoms with Gasteiger partial charge in [0.25, 0.3) is 0 Å². The molecule has 2 amide bonds. The number of aromatic nitrogens is 4.